The topological polar surface area (TPSA) is 66.5 Å². The van der Waals surface area contributed by atoms with Crippen LogP contribution in [0.2, 0.25) is 0 Å². The van der Waals surface area contributed by atoms with Crippen LogP contribution in [0, 0.1) is 5.41 Å². The van der Waals surface area contributed by atoms with Crippen molar-refractivity contribution < 1.29 is 10.2 Å². The normalized spacial score (nSPS) is 13.1. The molecule has 15 heavy (non-hydrogen) atoms. The predicted molar refractivity (Wildman–Crippen MR) is 63.4 cm³/mol. The number of rotatable bonds is 1. The van der Waals surface area contributed by atoms with Gasteiger partial charge in [0.25, 0.3) is 0 Å². The lowest BCUT2D eigenvalue weighted by Crippen LogP contribution is -2.26. The molecule has 4 N–H and O–H groups in total. The van der Waals surface area contributed by atoms with Crippen molar-refractivity contribution in [3.8, 4) is 11.5 Å². The number of hydrogen-bond acceptors (Lipinski definition) is 3. The van der Waals surface area contributed by atoms with E-state index in [1.807, 2.05) is 20.8 Å². The molecule has 0 aliphatic rings. The Morgan fingerprint density at radius 2 is 1.67 bits per heavy atom. The Hall–Kier alpha value is -0.930. The maximum atomic E-state index is 9.31. The molecule has 0 unspecified atom stereocenters. The summed E-state index contributed by atoms with van der Waals surface area (Å²) in [6, 6.07) is 4.53. The number of hydrogen-bond donors (Lipinski definition) is 3. The first-order valence-corrected chi connectivity index (χ1v) is 4.60. The number of phenols is 2. The zero-order valence-electron chi connectivity index (χ0n) is 9.19. The zero-order chi connectivity index (χ0) is 10.9. The molecular weight excluding hydrogens is 214 g/mol. The fraction of sp³-hybridized carbons (Fsp3) is 0.455. The van der Waals surface area contributed by atoms with Gasteiger partial charge in [-0.15, -0.1) is 12.4 Å². The van der Waals surface area contributed by atoms with E-state index in [-0.39, 0.29) is 35.4 Å². The van der Waals surface area contributed by atoms with Gasteiger partial charge >= 0.3 is 0 Å². The van der Waals surface area contributed by atoms with Crippen LogP contribution in [0.15, 0.2) is 18.2 Å². The van der Waals surface area contributed by atoms with Crippen LogP contribution in [0.5, 0.6) is 11.5 Å². The highest BCUT2D eigenvalue weighted by Gasteiger charge is 2.22. The summed E-state index contributed by atoms with van der Waals surface area (Å²) >= 11 is 0. The van der Waals surface area contributed by atoms with Gasteiger partial charge in [-0.25, -0.2) is 0 Å². The van der Waals surface area contributed by atoms with Crippen LogP contribution in [0.1, 0.15) is 32.4 Å². The molecule has 86 valence electrons. The minimum Gasteiger partial charge on any atom is -0.504 e. The van der Waals surface area contributed by atoms with Crippen molar-refractivity contribution in [3.63, 3.8) is 0 Å². The lowest BCUT2D eigenvalue weighted by atomic mass is 9.83. The molecule has 0 spiro atoms. The summed E-state index contributed by atoms with van der Waals surface area (Å²) in [4.78, 5) is 0. The minimum absolute atomic E-state index is 0. The van der Waals surface area contributed by atoms with E-state index in [0.717, 1.165) is 5.56 Å². The summed E-state index contributed by atoms with van der Waals surface area (Å²) in [5.74, 6) is -0.239. The number of benzene rings is 1. The third-order valence-electron chi connectivity index (χ3n) is 2.29. The van der Waals surface area contributed by atoms with Gasteiger partial charge in [0, 0.05) is 6.04 Å². The molecule has 1 atom stereocenters. The van der Waals surface area contributed by atoms with E-state index in [9.17, 15) is 5.11 Å². The Labute approximate surface area is 96.3 Å². The SMILES string of the molecule is CC(C)(C)[C@H](N)c1ccc(O)c(O)c1.Cl. The summed E-state index contributed by atoms with van der Waals surface area (Å²) in [5, 5.41) is 18.4. The van der Waals surface area contributed by atoms with Crippen molar-refractivity contribution >= 4 is 12.4 Å². The van der Waals surface area contributed by atoms with Gasteiger partial charge < -0.3 is 15.9 Å². The van der Waals surface area contributed by atoms with E-state index < -0.39 is 0 Å². The van der Waals surface area contributed by atoms with Crippen LogP contribution in [-0.2, 0) is 0 Å². The van der Waals surface area contributed by atoms with Gasteiger partial charge in [-0.3, -0.25) is 0 Å². The van der Waals surface area contributed by atoms with E-state index in [4.69, 9.17) is 10.8 Å². The quantitative estimate of drug-likeness (QED) is 0.651. The molecule has 0 aliphatic heterocycles. The molecule has 0 heterocycles. The molecule has 0 aliphatic carbocycles. The number of nitrogens with two attached hydrogens (primary N) is 1. The van der Waals surface area contributed by atoms with Crippen molar-refractivity contribution in [1.29, 1.82) is 0 Å². The number of phenolic OH excluding ortho intramolecular Hbond substituents is 2. The first kappa shape index (κ1) is 14.1. The van der Waals surface area contributed by atoms with Crippen LogP contribution in [-0.4, -0.2) is 10.2 Å². The van der Waals surface area contributed by atoms with Crippen LogP contribution in [0.4, 0.5) is 0 Å². The Bertz CT molecular complexity index is 334. The maximum absolute atomic E-state index is 9.31. The van der Waals surface area contributed by atoms with Crippen LogP contribution in [0.3, 0.4) is 0 Å². The number of aromatic hydroxyl groups is 2. The molecule has 0 saturated carbocycles. The van der Waals surface area contributed by atoms with Crippen molar-refractivity contribution in [2.24, 2.45) is 11.1 Å². The number of halogens is 1. The van der Waals surface area contributed by atoms with Gasteiger partial charge in [0.05, 0.1) is 0 Å². The molecule has 1 aromatic carbocycles. The highest BCUT2D eigenvalue weighted by atomic mass is 35.5. The fourth-order valence-electron chi connectivity index (χ4n) is 1.23. The van der Waals surface area contributed by atoms with Crippen LogP contribution >= 0.6 is 12.4 Å². The Balaban J connectivity index is 0.00000196. The zero-order valence-corrected chi connectivity index (χ0v) is 10.0. The van der Waals surface area contributed by atoms with Gasteiger partial charge in [-0.05, 0) is 23.1 Å². The van der Waals surface area contributed by atoms with Crippen molar-refractivity contribution in [1.82, 2.24) is 0 Å². The molecule has 1 rings (SSSR count). The monoisotopic (exact) mass is 231 g/mol. The lowest BCUT2D eigenvalue weighted by Gasteiger charge is -2.27. The molecule has 1 aromatic rings. The molecule has 0 bridgehead atoms. The van der Waals surface area contributed by atoms with E-state index in [1.165, 1.54) is 12.1 Å². The minimum atomic E-state index is -0.158. The lowest BCUT2D eigenvalue weighted by molar-refractivity contribution is 0.325. The second kappa shape index (κ2) is 4.73. The van der Waals surface area contributed by atoms with Crippen molar-refractivity contribution in [2.75, 3.05) is 0 Å². The van der Waals surface area contributed by atoms with E-state index >= 15 is 0 Å². The maximum Gasteiger partial charge on any atom is 0.157 e. The van der Waals surface area contributed by atoms with Crippen LogP contribution in [0.25, 0.3) is 0 Å². The predicted octanol–water partition coefficient (Wildman–Crippen LogP) is 2.57. The van der Waals surface area contributed by atoms with E-state index in [0.29, 0.717) is 0 Å². The van der Waals surface area contributed by atoms with Gasteiger partial charge in [0.15, 0.2) is 11.5 Å². The highest BCUT2D eigenvalue weighted by molar-refractivity contribution is 5.85. The largest absolute Gasteiger partial charge is 0.504 e. The fourth-order valence-corrected chi connectivity index (χ4v) is 1.23. The average molecular weight is 232 g/mol. The molecule has 0 fully saturated rings. The summed E-state index contributed by atoms with van der Waals surface area (Å²) in [6.45, 7) is 6.09. The smallest absolute Gasteiger partial charge is 0.157 e. The van der Waals surface area contributed by atoms with E-state index in [1.54, 1.807) is 6.07 Å². The first-order chi connectivity index (χ1) is 6.32. The molecule has 0 radical (unpaired) electrons. The summed E-state index contributed by atoms with van der Waals surface area (Å²) in [5.41, 5.74) is 6.76. The van der Waals surface area contributed by atoms with Gasteiger partial charge in [-0.2, -0.15) is 0 Å². The summed E-state index contributed by atoms with van der Waals surface area (Å²) < 4.78 is 0. The van der Waals surface area contributed by atoms with Gasteiger partial charge in [0.1, 0.15) is 0 Å². The molecular formula is C11H18ClNO2. The third-order valence-corrected chi connectivity index (χ3v) is 2.29. The highest BCUT2D eigenvalue weighted by Crippen LogP contribution is 2.34. The average Bonchev–Trinajstić information content (AvgIpc) is 2.07. The molecule has 4 heteroatoms. The molecule has 0 aromatic heterocycles. The second-order valence-corrected chi connectivity index (χ2v) is 4.59. The van der Waals surface area contributed by atoms with E-state index in [2.05, 4.69) is 0 Å². The Morgan fingerprint density at radius 1 is 1.13 bits per heavy atom. The Morgan fingerprint density at radius 3 is 2.07 bits per heavy atom. The first-order valence-electron chi connectivity index (χ1n) is 4.60. The van der Waals surface area contributed by atoms with Crippen LogP contribution < -0.4 is 5.73 Å². The Kier molecular flexibility index (Phi) is 4.43. The molecule has 0 amide bonds. The standard InChI is InChI=1S/C11H17NO2.ClH/c1-11(2,3)10(12)7-4-5-8(13)9(14)6-7;/h4-6,10,13-14H,12H2,1-3H3;1H/t10-;/m1./s1. The van der Waals surface area contributed by atoms with Crippen molar-refractivity contribution in [3.05, 3.63) is 23.8 Å². The van der Waals surface area contributed by atoms with Crippen molar-refractivity contribution in [2.45, 2.75) is 26.8 Å². The molecule has 3 nitrogen and oxygen atoms in total. The van der Waals surface area contributed by atoms with Gasteiger partial charge in [-0.1, -0.05) is 26.8 Å². The molecule has 0 saturated heterocycles. The summed E-state index contributed by atoms with van der Waals surface area (Å²) in [6.07, 6.45) is 0. The van der Waals surface area contributed by atoms with Gasteiger partial charge in [0.2, 0.25) is 0 Å². The second-order valence-electron chi connectivity index (χ2n) is 4.59. The third kappa shape index (κ3) is 3.29. The summed E-state index contributed by atoms with van der Waals surface area (Å²) in [7, 11) is 0.